The molecule has 2 atom stereocenters. The Hall–Kier alpha value is -0.860. The third-order valence-electron chi connectivity index (χ3n) is 3.11. The Labute approximate surface area is 96.9 Å². The van der Waals surface area contributed by atoms with Crippen LogP contribution in [0, 0.1) is 0 Å². The fourth-order valence-electron chi connectivity index (χ4n) is 2.37. The summed E-state index contributed by atoms with van der Waals surface area (Å²) in [6.45, 7) is 0. The first-order chi connectivity index (χ1) is 7.27. The van der Waals surface area contributed by atoms with E-state index < -0.39 is 0 Å². The van der Waals surface area contributed by atoms with E-state index in [-0.39, 0.29) is 10.9 Å². The van der Waals surface area contributed by atoms with E-state index in [1.807, 2.05) is 12.1 Å². The van der Waals surface area contributed by atoms with Gasteiger partial charge in [0.05, 0.1) is 6.10 Å². The minimum atomic E-state index is -0.369. The summed E-state index contributed by atoms with van der Waals surface area (Å²) in [6.07, 6.45) is 0.549. The minimum Gasteiger partial charge on any atom is -0.387 e. The molecule has 0 aromatic heterocycles. The van der Waals surface area contributed by atoms with Gasteiger partial charge in [0.1, 0.15) is 0 Å². The molecule has 0 aliphatic heterocycles. The third-order valence-corrected chi connectivity index (χ3v) is 3.94. The molecule has 0 amide bonds. The summed E-state index contributed by atoms with van der Waals surface area (Å²) >= 11 is 3.52. The zero-order valence-electron chi connectivity index (χ0n) is 8.15. The Bertz CT molecular complexity index is 521. The van der Waals surface area contributed by atoms with Gasteiger partial charge in [0.15, 0.2) is 0 Å². The maximum absolute atomic E-state index is 10.1. The quantitative estimate of drug-likeness (QED) is 0.724. The smallest absolute Gasteiger partial charge is 0.0926 e. The summed E-state index contributed by atoms with van der Waals surface area (Å²) in [5.74, 6) is 0. The van der Waals surface area contributed by atoms with Crippen LogP contribution in [-0.4, -0.2) is 9.93 Å². The number of fused-ring (bicyclic) bond motifs is 3. The lowest BCUT2D eigenvalue weighted by Crippen LogP contribution is -2.04. The number of aliphatic hydroxyl groups excluding tert-OH is 1. The largest absolute Gasteiger partial charge is 0.387 e. The Morgan fingerprint density at radius 2 is 1.93 bits per heavy atom. The van der Waals surface area contributed by atoms with Gasteiger partial charge in [-0.3, -0.25) is 0 Å². The maximum Gasteiger partial charge on any atom is 0.0926 e. The van der Waals surface area contributed by atoms with Crippen LogP contribution in [0.3, 0.4) is 0 Å². The Balaban J connectivity index is 2.35. The van der Waals surface area contributed by atoms with Gasteiger partial charge in [-0.05, 0) is 28.3 Å². The average molecular weight is 263 g/mol. The van der Waals surface area contributed by atoms with Crippen LogP contribution in [0.2, 0.25) is 0 Å². The molecule has 0 radical (unpaired) electrons. The van der Waals surface area contributed by atoms with Gasteiger partial charge in [-0.25, -0.2) is 0 Å². The molecular formula is C13H11BrO. The summed E-state index contributed by atoms with van der Waals surface area (Å²) in [4.78, 5) is 0.165. The van der Waals surface area contributed by atoms with Crippen LogP contribution in [-0.2, 0) is 6.42 Å². The lowest BCUT2D eigenvalue weighted by molar-refractivity contribution is 0.189. The molecule has 0 saturated heterocycles. The number of hydrogen-bond acceptors (Lipinski definition) is 1. The van der Waals surface area contributed by atoms with Gasteiger partial charge in [0.25, 0.3) is 0 Å². The molecule has 2 unspecified atom stereocenters. The SMILES string of the molecule is OC1c2c(ccc3ccccc23)CC1Br. The van der Waals surface area contributed by atoms with Crippen molar-refractivity contribution in [3.8, 4) is 0 Å². The van der Waals surface area contributed by atoms with Crippen molar-refractivity contribution < 1.29 is 5.11 Å². The van der Waals surface area contributed by atoms with Crippen molar-refractivity contribution in [3.63, 3.8) is 0 Å². The fraction of sp³-hybridized carbons (Fsp3) is 0.231. The molecule has 76 valence electrons. The van der Waals surface area contributed by atoms with Crippen molar-refractivity contribution in [1.29, 1.82) is 0 Å². The van der Waals surface area contributed by atoms with Crippen LogP contribution in [0.5, 0.6) is 0 Å². The first-order valence-corrected chi connectivity index (χ1v) is 6.01. The second kappa shape index (κ2) is 3.32. The zero-order valence-corrected chi connectivity index (χ0v) is 9.74. The van der Waals surface area contributed by atoms with Gasteiger partial charge < -0.3 is 5.11 Å². The van der Waals surface area contributed by atoms with Crippen molar-refractivity contribution in [2.24, 2.45) is 0 Å². The van der Waals surface area contributed by atoms with Crippen LogP contribution in [0.25, 0.3) is 10.8 Å². The first kappa shape index (κ1) is 9.37. The summed E-state index contributed by atoms with van der Waals surface area (Å²) < 4.78 is 0. The highest BCUT2D eigenvalue weighted by Gasteiger charge is 2.30. The van der Waals surface area contributed by atoms with E-state index in [2.05, 4.69) is 40.2 Å². The molecule has 15 heavy (non-hydrogen) atoms. The fourth-order valence-corrected chi connectivity index (χ4v) is 2.98. The maximum atomic E-state index is 10.1. The molecule has 1 N–H and O–H groups in total. The third kappa shape index (κ3) is 1.32. The van der Waals surface area contributed by atoms with Crippen LogP contribution in [0.4, 0.5) is 0 Å². The molecule has 1 aliphatic rings. The topological polar surface area (TPSA) is 20.2 Å². The molecule has 2 heteroatoms. The number of hydrogen-bond donors (Lipinski definition) is 1. The van der Waals surface area contributed by atoms with Gasteiger partial charge in [-0.2, -0.15) is 0 Å². The van der Waals surface area contributed by atoms with E-state index in [1.165, 1.54) is 16.3 Å². The zero-order chi connectivity index (χ0) is 10.4. The highest BCUT2D eigenvalue weighted by Crippen LogP contribution is 2.39. The van der Waals surface area contributed by atoms with Crippen molar-refractivity contribution in [2.45, 2.75) is 17.4 Å². The molecule has 0 saturated carbocycles. The van der Waals surface area contributed by atoms with Gasteiger partial charge >= 0.3 is 0 Å². The first-order valence-electron chi connectivity index (χ1n) is 5.10. The highest BCUT2D eigenvalue weighted by molar-refractivity contribution is 9.09. The number of rotatable bonds is 0. The Morgan fingerprint density at radius 1 is 1.13 bits per heavy atom. The van der Waals surface area contributed by atoms with Crippen molar-refractivity contribution in [1.82, 2.24) is 0 Å². The van der Waals surface area contributed by atoms with Crippen molar-refractivity contribution in [3.05, 3.63) is 47.5 Å². The molecular weight excluding hydrogens is 252 g/mol. The Morgan fingerprint density at radius 3 is 2.80 bits per heavy atom. The predicted molar refractivity (Wildman–Crippen MR) is 65.3 cm³/mol. The summed E-state index contributed by atoms with van der Waals surface area (Å²) in [5, 5.41) is 12.5. The van der Waals surface area contributed by atoms with Crippen LogP contribution in [0.1, 0.15) is 17.2 Å². The molecule has 0 spiro atoms. The number of alkyl halides is 1. The van der Waals surface area contributed by atoms with Crippen molar-refractivity contribution >= 4 is 26.7 Å². The minimum absolute atomic E-state index is 0.165. The van der Waals surface area contributed by atoms with E-state index in [9.17, 15) is 5.11 Å². The van der Waals surface area contributed by atoms with Gasteiger partial charge in [-0.15, -0.1) is 0 Å². The van der Waals surface area contributed by atoms with E-state index in [0.717, 1.165) is 12.0 Å². The normalized spacial score (nSPS) is 24.4. The second-order valence-corrected chi connectivity index (χ2v) is 5.20. The standard InChI is InChI=1S/C13H11BrO/c14-11-7-9-6-5-8-3-1-2-4-10(8)12(9)13(11)15/h1-6,11,13,15H,7H2. The predicted octanol–water partition coefficient (Wildman–Crippen LogP) is 3.19. The van der Waals surface area contributed by atoms with Crippen LogP contribution < -0.4 is 0 Å². The summed E-state index contributed by atoms with van der Waals surface area (Å²) in [6, 6.07) is 12.5. The Kier molecular flexibility index (Phi) is 2.08. The number of halogens is 1. The lowest BCUT2D eigenvalue weighted by Gasteiger charge is -2.10. The van der Waals surface area contributed by atoms with Crippen LogP contribution >= 0.6 is 15.9 Å². The molecule has 2 aromatic carbocycles. The molecule has 2 aromatic rings. The molecule has 1 nitrogen and oxygen atoms in total. The summed E-state index contributed by atoms with van der Waals surface area (Å²) in [7, 11) is 0. The molecule has 0 heterocycles. The van der Waals surface area contributed by atoms with E-state index in [0.29, 0.717) is 0 Å². The van der Waals surface area contributed by atoms with E-state index in [1.54, 1.807) is 0 Å². The van der Waals surface area contributed by atoms with Crippen molar-refractivity contribution in [2.75, 3.05) is 0 Å². The average Bonchev–Trinajstić information content (AvgIpc) is 2.55. The van der Waals surface area contributed by atoms with Gasteiger partial charge in [-0.1, -0.05) is 52.3 Å². The number of benzene rings is 2. The van der Waals surface area contributed by atoms with E-state index in [4.69, 9.17) is 0 Å². The monoisotopic (exact) mass is 262 g/mol. The molecule has 3 rings (SSSR count). The number of aliphatic hydroxyl groups is 1. The van der Waals surface area contributed by atoms with Crippen LogP contribution in [0.15, 0.2) is 36.4 Å². The molecule has 1 aliphatic carbocycles. The second-order valence-electron chi connectivity index (χ2n) is 4.02. The van der Waals surface area contributed by atoms with Gasteiger partial charge in [0.2, 0.25) is 0 Å². The lowest BCUT2D eigenvalue weighted by atomic mass is 10.0. The van der Waals surface area contributed by atoms with E-state index >= 15 is 0 Å². The highest BCUT2D eigenvalue weighted by atomic mass is 79.9. The van der Waals surface area contributed by atoms with Gasteiger partial charge in [0, 0.05) is 4.83 Å². The molecule has 0 fully saturated rings. The molecule has 0 bridgehead atoms. The summed E-state index contributed by atoms with van der Waals surface area (Å²) in [5.41, 5.74) is 2.37.